The number of nitriles is 1. The van der Waals surface area contributed by atoms with Crippen molar-refractivity contribution < 1.29 is 28.2 Å². The van der Waals surface area contributed by atoms with Gasteiger partial charge in [-0.3, -0.25) is 4.79 Å². The van der Waals surface area contributed by atoms with Crippen molar-refractivity contribution in [1.29, 1.82) is 5.26 Å². The van der Waals surface area contributed by atoms with E-state index in [1.807, 2.05) is 6.07 Å². The SMILES string of the molecule is CCOc1cc(/C=C(\C#N)C(=O)Nc2ccccc2C(=O)OC)cc(Br)c1OCc1ccccc1F. The van der Waals surface area contributed by atoms with Crippen molar-refractivity contribution in [1.82, 2.24) is 0 Å². The molecule has 1 amide bonds. The Labute approximate surface area is 216 Å². The van der Waals surface area contributed by atoms with Gasteiger partial charge < -0.3 is 19.5 Å². The molecule has 0 aliphatic rings. The molecule has 1 N–H and O–H groups in total. The molecule has 0 aliphatic heterocycles. The van der Waals surface area contributed by atoms with Gasteiger partial charge in [0.25, 0.3) is 5.91 Å². The number of benzene rings is 3. The summed E-state index contributed by atoms with van der Waals surface area (Å²) in [5.41, 5.74) is 1.03. The van der Waals surface area contributed by atoms with Crippen LogP contribution in [0.15, 0.2) is 70.7 Å². The number of methoxy groups -OCH3 is 1. The van der Waals surface area contributed by atoms with Crippen molar-refractivity contribution in [3.63, 3.8) is 0 Å². The minimum absolute atomic E-state index is 0.0218. The average molecular weight is 553 g/mol. The van der Waals surface area contributed by atoms with E-state index in [0.29, 0.717) is 33.7 Å². The molecule has 3 aromatic carbocycles. The van der Waals surface area contributed by atoms with Crippen molar-refractivity contribution >= 4 is 39.6 Å². The summed E-state index contributed by atoms with van der Waals surface area (Å²) in [6, 6.07) is 17.7. The molecule has 0 spiro atoms. The highest BCUT2D eigenvalue weighted by Gasteiger charge is 2.18. The van der Waals surface area contributed by atoms with Gasteiger partial charge in [0.15, 0.2) is 11.5 Å². The number of ether oxygens (including phenoxy) is 3. The van der Waals surface area contributed by atoms with Gasteiger partial charge in [-0.2, -0.15) is 5.26 Å². The van der Waals surface area contributed by atoms with Crippen molar-refractivity contribution in [3.8, 4) is 17.6 Å². The van der Waals surface area contributed by atoms with Gasteiger partial charge in [0, 0.05) is 5.56 Å². The molecule has 0 atom stereocenters. The highest BCUT2D eigenvalue weighted by molar-refractivity contribution is 9.10. The van der Waals surface area contributed by atoms with Crippen LogP contribution in [0.5, 0.6) is 11.5 Å². The smallest absolute Gasteiger partial charge is 0.339 e. The van der Waals surface area contributed by atoms with E-state index in [4.69, 9.17) is 14.2 Å². The Morgan fingerprint density at radius 1 is 1.11 bits per heavy atom. The maximum Gasteiger partial charge on any atom is 0.339 e. The highest BCUT2D eigenvalue weighted by atomic mass is 79.9. The van der Waals surface area contributed by atoms with Crippen LogP contribution in [0, 0.1) is 17.1 Å². The molecule has 0 unspecified atom stereocenters. The summed E-state index contributed by atoms with van der Waals surface area (Å²) in [6.45, 7) is 2.10. The molecule has 0 saturated heterocycles. The van der Waals surface area contributed by atoms with Gasteiger partial charge in [0.1, 0.15) is 24.1 Å². The van der Waals surface area contributed by atoms with Crippen LogP contribution in [-0.2, 0) is 16.1 Å². The molecule has 0 radical (unpaired) electrons. The van der Waals surface area contributed by atoms with E-state index in [2.05, 4.69) is 21.2 Å². The number of esters is 1. The lowest BCUT2D eigenvalue weighted by Crippen LogP contribution is -2.16. The van der Waals surface area contributed by atoms with Crippen LogP contribution < -0.4 is 14.8 Å². The highest BCUT2D eigenvalue weighted by Crippen LogP contribution is 2.38. The van der Waals surface area contributed by atoms with E-state index in [0.717, 1.165) is 0 Å². The predicted molar refractivity (Wildman–Crippen MR) is 136 cm³/mol. The Morgan fingerprint density at radius 3 is 2.53 bits per heavy atom. The first-order valence-electron chi connectivity index (χ1n) is 10.8. The van der Waals surface area contributed by atoms with Gasteiger partial charge in [-0.25, -0.2) is 9.18 Å². The summed E-state index contributed by atoms with van der Waals surface area (Å²) in [5.74, 6) is -1.01. The summed E-state index contributed by atoms with van der Waals surface area (Å²) in [4.78, 5) is 24.8. The minimum Gasteiger partial charge on any atom is -0.490 e. The number of carbonyl (C=O) groups is 2. The van der Waals surface area contributed by atoms with Crippen LogP contribution in [0.4, 0.5) is 10.1 Å². The molecule has 0 saturated carbocycles. The van der Waals surface area contributed by atoms with Crippen molar-refractivity contribution in [2.24, 2.45) is 0 Å². The largest absolute Gasteiger partial charge is 0.490 e. The lowest BCUT2D eigenvalue weighted by atomic mass is 10.1. The van der Waals surface area contributed by atoms with Gasteiger partial charge >= 0.3 is 5.97 Å². The Balaban J connectivity index is 1.88. The molecule has 3 aromatic rings. The second-order valence-electron chi connectivity index (χ2n) is 7.30. The Morgan fingerprint density at radius 2 is 1.83 bits per heavy atom. The molecule has 184 valence electrons. The summed E-state index contributed by atoms with van der Waals surface area (Å²) in [5, 5.41) is 12.2. The number of para-hydroxylation sites is 1. The van der Waals surface area contributed by atoms with Crippen LogP contribution in [0.3, 0.4) is 0 Å². The molecule has 0 fully saturated rings. The van der Waals surface area contributed by atoms with Crippen LogP contribution in [0.2, 0.25) is 0 Å². The Hall–Kier alpha value is -4.16. The topological polar surface area (TPSA) is 97.7 Å². The third-order valence-electron chi connectivity index (χ3n) is 4.92. The van der Waals surface area contributed by atoms with Gasteiger partial charge in [0.2, 0.25) is 0 Å². The molecular weight excluding hydrogens is 531 g/mol. The quantitative estimate of drug-likeness (QED) is 0.201. The summed E-state index contributed by atoms with van der Waals surface area (Å²) in [7, 11) is 1.24. The monoisotopic (exact) mass is 552 g/mol. The fourth-order valence-corrected chi connectivity index (χ4v) is 3.80. The maximum absolute atomic E-state index is 14.0. The summed E-state index contributed by atoms with van der Waals surface area (Å²) >= 11 is 3.43. The van der Waals surface area contributed by atoms with Crippen LogP contribution in [-0.4, -0.2) is 25.6 Å². The van der Waals surface area contributed by atoms with Crippen LogP contribution in [0.1, 0.15) is 28.4 Å². The number of nitrogens with one attached hydrogen (secondary N) is 1. The summed E-state index contributed by atoms with van der Waals surface area (Å²) in [6.07, 6.45) is 1.38. The average Bonchev–Trinajstić information content (AvgIpc) is 2.87. The number of rotatable bonds is 9. The lowest BCUT2D eigenvalue weighted by Gasteiger charge is -2.15. The molecule has 36 heavy (non-hydrogen) atoms. The zero-order valence-corrected chi connectivity index (χ0v) is 21.1. The Kier molecular flexibility index (Phi) is 9.19. The standard InChI is InChI=1S/C27H22BrFN2O5/c1-3-35-24-14-17(13-21(28)25(24)36-16-18-8-4-6-10-22(18)29)12-19(15-30)26(32)31-23-11-7-5-9-20(23)27(33)34-2/h4-14H,3,16H2,1-2H3,(H,31,32)/b19-12+. The first-order valence-corrected chi connectivity index (χ1v) is 11.6. The predicted octanol–water partition coefficient (Wildman–Crippen LogP) is 5.90. The minimum atomic E-state index is -0.706. The number of halogens is 2. The maximum atomic E-state index is 14.0. The van der Waals surface area contributed by atoms with E-state index in [-0.39, 0.29) is 29.2 Å². The van der Waals surface area contributed by atoms with Crippen LogP contribution in [0.25, 0.3) is 6.08 Å². The Bertz CT molecular complexity index is 1350. The molecule has 9 heteroatoms. The number of anilines is 1. The van der Waals surface area contributed by atoms with Crippen molar-refractivity contribution in [2.45, 2.75) is 13.5 Å². The molecule has 0 heterocycles. The number of hydrogen-bond donors (Lipinski definition) is 1. The van der Waals surface area contributed by atoms with Gasteiger partial charge in [-0.15, -0.1) is 0 Å². The third-order valence-corrected chi connectivity index (χ3v) is 5.51. The molecule has 0 aliphatic carbocycles. The number of carbonyl (C=O) groups excluding carboxylic acids is 2. The first-order chi connectivity index (χ1) is 17.4. The van der Waals surface area contributed by atoms with E-state index in [1.54, 1.807) is 49.4 Å². The van der Waals surface area contributed by atoms with E-state index >= 15 is 0 Å². The fourth-order valence-electron chi connectivity index (χ4n) is 3.22. The third kappa shape index (κ3) is 6.49. The second kappa shape index (κ2) is 12.5. The fraction of sp³-hybridized carbons (Fsp3) is 0.148. The van der Waals surface area contributed by atoms with Gasteiger partial charge in [-0.05, 0) is 64.8 Å². The van der Waals surface area contributed by atoms with Gasteiger partial charge in [-0.1, -0.05) is 30.3 Å². The molecule has 7 nitrogen and oxygen atoms in total. The molecule has 0 aromatic heterocycles. The van der Waals surface area contributed by atoms with E-state index in [1.165, 1.54) is 31.4 Å². The number of hydrogen-bond acceptors (Lipinski definition) is 6. The van der Waals surface area contributed by atoms with Crippen molar-refractivity contribution in [2.75, 3.05) is 19.0 Å². The summed E-state index contributed by atoms with van der Waals surface area (Å²) < 4.78 is 30.7. The molecule has 0 bridgehead atoms. The second-order valence-corrected chi connectivity index (χ2v) is 8.16. The number of nitrogens with zero attached hydrogens (tertiary/aromatic N) is 1. The van der Waals surface area contributed by atoms with E-state index < -0.39 is 11.9 Å². The first kappa shape index (κ1) is 26.4. The van der Waals surface area contributed by atoms with Crippen molar-refractivity contribution in [3.05, 3.63) is 93.2 Å². The zero-order chi connectivity index (χ0) is 26.1. The molecular formula is C27H22BrFN2O5. The van der Waals surface area contributed by atoms with Crippen LogP contribution >= 0.6 is 15.9 Å². The number of amides is 1. The van der Waals surface area contributed by atoms with E-state index in [9.17, 15) is 19.2 Å². The van der Waals surface area contributed by atoms with Gasteiger partial charge in [0.05, 0.1) is 29.4 Å². The molecule has 3 rings (SSSR count). The normalized spacial score (nSPS) is 10.8. The lowest BCUT2D eigenvalue weighted by molar-refractivity contribution is -0.112. The zero-order valence-electron chi connectivity index (χ0n) is 19.5.